The number of carboxylic acid groups (broad SMARTS) is 1. The van der Waals surface area contributed by atoms with Crippen LogP contribution >= 0.6 is 0 Å². The maximum absolute atomic E-state index is 12.6. The highest BCUT2D eigenvalue weighted by atomic mass is 19.4. The van der Waals surface area contributed by atoms with Crippen molar-refractivity contribution in [1.29, 1.82) is 0 Å². The van der Waals surface area contributed by atoms with Gasteiger partial charge in [0.1, 0.15) is 0 Å². The first-order valence-electron chi connectivity index (χ1n) is 5.42. The zero-order chi connectivity index (χ0) is 15.7. The molecular formula is C12H10F6O2. The van der Waals surface area contributed by atoms with Crippen LogP contribution in [0.4, 0.5) is 26.3 Å². The van der Waals surface area contributed by atoms with E-state index in [0.717, 1.165) is 0 Å². The Morgan fingerprint density at radius 3 is 1.75 bits per heavy atom. The molecule has 0 radical (unpaired) electrons. The molecule has 2 nitrogen and oxygen atoms in total. The van der Waals surface area contributed by atoms with Crippen LogP contribution in [0.2, 0.25) is 0 Å². The third-order valence-corrected chi connectivity index (χ3v) is 2.66. The molecule has 0 aromatic heterocycles. The summed E-state index contributed by atoms with van der Waals surface area (Å²) in [7, 11) is 0. The van der Waals surface area contributed by atoms with Crippen LogP contribution in [0.5, 0.6) is 0 Å². The molecule has 112 valence electrons. The summed E-state index contributed by atoms with van der Waals surface area (Å²) in [5.41, 5.74) is -3.20. The van der Waals surface area contributed by atoms with Crippen molar-refractivity contribution in [3.63, 3.8) is 0 Å². The van der Waals surface area contributed by atoms with Crippen molar-refractivity contribution in [1.82, 2.24) is 0 Å². The summed E-state index contributed by atoms with van der Waals surface area (Å²) in [5, 5.41) is 8.56. The van der Waals surface area contributed by atoms with Gasteiger partial charge >= 0.3 is 18.3 Å². The van der Waals surface area contributed by atoms with E-state index in [2.05, 4.69) is 0 Å². The van der Waals surface area contributed by atoms with Gasteiger partial charge in [0.25, 0.3) is 0 Å². The monoisotopic (exact) mass is 300 g/mol. The van der Waals surface area contributed by atoms with Crippen LogP contribution < -0.4 is 0 Å². The molecule has 8 heteroatoms. The number of alkyl halides is 6. The van der Waals surface area contributed by atoms with Crippen LogP contribution in [0, 0.1) is 0 Å². The van der Waals surface area contributed by atoms with Crippen molar-refractivity contribution in [2.75, 3.05) is 0 Å². The van der Waals surface area contributed by atoms with E-state index < -0.39 is 41.8 Å². The Bertz CT molecular complexity index is 471. The third kappa shape index (κ3) is 4.14. The quantitative estimate of drug-likeness (QED) is 0.845. The minimum Gasteiger partial charge on any atom is -0.481 e. The minimum atomic E-state index is -4.93. The first-order valence-corrected chi connectivity index (χ1v) is 5.42. The number of hydrogen-bond acceptors (Lipinski definition) is 1. The van der Waals surface area contributed by atoms with Gasteiger partial charge in [-0.05, 0) is 29.7 Å². The molecule has 1 atom stereocenters. The van der Waals surface area contributed by atoms with Gasteiger partial charge in [-0.2, -0.15) is 26.3 Å². The molecular weight excluding hydrogens is 290 g/mol. The predicted octanol–water partition coefficient (Wildman–Crippen LogP) is 4.30. The van der Waals surface area contributed by atoms with Gasteiger partial charge in [0, 0.05) is 0 Å². The van der Waals surface area contributed by atoms with E-state index in [1.807, 2.05) is 0 Å². The van der Waals surface area contributed by atoms with Crippen molar-refractivity contribution in [3.05, 3.63) is 34.9 Å². The zero-order valence-corrected chi connectivity index (χ0v) is 10.1. The lowest BCUT2D eigenvalue weighted by molar-refractivity contribution is -0.143. The lowest BCUT2D eigenvalue weighted by Crippen LogP contribution is -2.13. The molecule has 1 aromatic rings. The van der Waals surface area contributed by atoms with Crippen molar-refractivity contribution >= 4 is 5.97 Å². The second-order valence-corrected chi connectivity index (χ2v) is 4.34. The summed E-state index contributed by atoms with van der Waals surface area (Å²) in [6, 6.07) is 1.10. The number of aliphatic carboxylic acids is 1. The number of carboxylic acids is 1. The molecule has 0 aliphatic carbocycles. The van der Waals surface area contributed by atoms with Crippen molar-refractivity contribution in [2.24, 2.45) is 0 Å². The molecule has 0 heterocycles. The smallest absolute Gasteiger partial charge is 0.416 e. The molecule has 0 saturated heterocycles. The van der Waals surface area contributed by atoms with Gasteiger partial charge in [0.2, 0.25) is 0 Å². The fourth-order valence-electron chi connectivity index (χ4n) is 1.64. The molecule has 20 heavy (non-hydrogen) atoms. The summed E-state index contributed by atoms with van der Waals surface area (Å²) in [6.45, 7) is 1.25. The summed E-state index contributed by atoms with van der Waals surface area (Å²) < 4.78 is 75.5. The van der Waals surface area contributed by atoms with Crippen LogP contribution in [0.1, 0.15) is 36.0 Å². The lowest BCUT2D eigenvalue weighted by atomic mass is 9.93. The molecule has 1 unspecified atom stereocenters. The maximum atomic E-state index is 12.6. The Morgan fingerprint density at radius 1 is 1.05 bits per heavy atom. The van der Waals surface area contributed by atoms with Crippen LogP contribution in [-0.2, 0) is 17.1 Å². The van der Waals surface area contributed by atoms with Gasteiger partial charge in [0.05, 0.1) is 17.5 Å². The van der Waals surface area contributed by atoms with E-state index in [1.165, 1.54) is 6.92 Å². The lowest BCUT2D eigenvalue weighted by Gasteiger charge is -2.17. The van der Waals surface area contributed by atoms with Crippen LogP contribution in [0.3, 0.4) is 0 Å². The van der Waals surface area contributed by atoms with Crippen molar-refractivity contribution in [2.45, 2.75) is 31.6 Å². The highest BCUT2D eigenvalue weighted by Gasteiger charge is 2.37. The molecule has 0 aliphatic rings. The normalized spacial score (nSPS) is 14.2. The average Bonchev–Trinajstić information content (AvgIpc) is 2.25. The number of rotatable bonds is 3. The van der Waals surface area contributed by atoms with E-state index >= 15 is 0 Å². The zero-order valence-electron chi connectivity index (χ0n) is 10.1. The molecule has 0 spiro atoms. The summed E-state index contributed by atoms with van der Waals surface area (Å²) in [6.07, 6.45) is -10.4. The molecule has 1 N–H and O–H groups in total. The number of hydrogen-bond donors (Lipinski definition) is 1. The highest BCUT2D eigenvalue weighted by molar-refractivity contribution is 5.68. The van der Waals surface area contributed by atoms with E-state index in [1.54, 1.807) is 0 Å². The Labute approximate surface area is 110 Å². The number of carbonyl (C=O) groups is 1. The second-order valence-electron chi connectivity index (χ2n) is 4.34. The van der Waals surface area contributed by atoms with E-state index in [4.69, 9.17) is 5.11 Å². The Hall–Kier alpha value is -1.73. The Kier molecular flexibility index (Phi) is 4.36. The van der Waals surface area contributed by atoms with E-state index in [9.17, 15) is 31.1 Å². The van der Waals surface area contributed by atoms with Crippen LogP contribution in [0.15, 0.2) is 18.2 Å². The number of halogens is 6. The van der Waals surface area contributed by atoms with Gasteiger partial charge in [-0.3, -0.25) is 4.79 Å². The van der Waals surface area contributed by atoms with Gasteiger partial charge in [-0.1, -0.05) is 6.92 Å². The second kappa shape index (κ2) is 5.34. The summed E-state index contributed by atoms with van der Waals surface area (Å²) in [4.78, 5) is 10.5. The van der Waals surface area contributed by atoms with Gasteiger partial charge in [0.15, 0.2) is 0 Å². The third-order valence-electron chi connectivity index (χ3n) is 2.66. The number of benzene rings is 1. The Balaban J connectivity index is 3.34. The first-order chi connectivity index (χ1) is 8.91. The predicted molar refractivity (Wildman–Crippen MR) is 57.1 cm³/mol. The van der Waals surface area contributed by atoms with Crippen molar-refractivity contribution in [3.8, 4) is 0 Å². The highest BCUT2D eigenvalue weighted by Crippen LogP contribution is 2.38. The molecule has 0 saturated carbocycles. The minimum absolute atomic E-state index is 0.0109. The van der Waals surface area contributed by atoms with Crippen LogP contribution in [0.25, 0.3) is 0 Å². The molecule has 0 aliphatic heterocycles. The molecule has 1 aromatic carbocycles. The maximum Gasteiger partial charge on any atom is 0.416 e. The van der Waals surface area contributed by atoms with E-state index in [-0.39, 0.29) is 11.6 Å². The molecule has 0 bridgehead atoms. The van der Waals surface area contributed by atoms with Crippen LogP contribution in [-0.4, -0.2) is 11.1 Å². The van der Waals surface area contributed by atoms with Gasteiger partial charge < -0.3 is 5.11 Å². The first kappa shape index (κ1) is 16.3. The summed E-state index contributed by atoms with van der Waals surface area (Å²) >= 11 is 0. The standard InChI is InChI=1S/C12H10F6O2/c1-6(2-10(19)20)7-3-8(11(13,14)15)5-9(4-7)12(16,17)18/h3-6H,2H2,1H3,(H,19,20). The van der Waals surface area contributed by atoms with Gasteiger partial charge in [-0.15, -0.1) is 0 Å². The molecule has 0 amide bonds. The summed E-state index contributed by atoms with van der Waals surface area (Å²) in [5.74, 6) is -2.26. The topological polar surface area (TPSA) is 37.3 Å². The van der Waals surface area contributed by atoms with Gasteiger partial charge in [-0.25, -0.2) is 0 Å². The van der Waals surface area contributed by atoms with E-state index in [0.29, 0.717) is 12.1 Å². The molecule has 0 fully saturated rings. The Morgan fingerprint density at radius 2 is 1.45 bits per heavy atom. The fraction of sp³-hybridized carbons (Fsp3) is 0.417. The van der Waals surface area contributed by atoms with Crippen molar-refractivity contribution < 1.29 is 36.2 Å². The SMILES string of the molecule is CC(CC(=O)O)c1cc(C(F)(F)F)cc(C(F)(F)F)c1. The largest absolute Gasteiger partial charge is 0.481 e. The average molecular weight is 300 g/mol. The fourth-order valence-corrected chi connectivity index (χ4v) is 1.64. The molecule has 1 rings (SSSR count).